The van der Waals surface area contributed by atoms with Gasteiger partial charge in [0, 0.05) is 0 Å². The Morgan fingerprint density at radius 3 is 2.88 bits per heavy atom. The lowest BCUT2D eigenvalue weighted by Gasteiger charge is -2.19. The first kappa shape index (κ1) is 15.2. The first-order chi connectivity index (χ1) is 11.6. The summed E-state index contributed by atoms with van der Waals surface area (Å²) >= 11 is 0. The van der Waals surface area contributed by atoms with E-state index in [1.165, 1.54) is 19.0 Å². The van der Waals surface area contributed by atoms with Gasteiger partial charge < -0.3 is 5.32 Å². The molecule has 24 heavy (non-hydrogen) atoms. The smallest absolute Gasteiger partial charge is 0.321 e. The van der Waals surface area contributed by atoms with Crippen molar-refractivity contribution in [2.24, 2.45) is 11.8 Å². The van der Waals surface area contributed by atoms with E-state index in [0.717, 1.165) is 30.8 Å². The zero-order valence-electron chi connectivity index (χ0n) is 12.8. The molecule has 2 aliphatic carbocycles. The average molecular weight is 335 g/mol. The number of alkyl halides is 2. The summed E-state index contributed by atoms with van der Waals surface area (Å²) in [5, 5.41) is 6.32. The van der Waals surface area contributed by atoms with E-state index in [4.69, 9.17) is 0 Å². The molecule has 2 atom stereocenters. The van der Waals surface area contributed by atoms with E-state index < -0.39 is 12.4 Å². The van der Waals surface area contributed by atoms with Crippen molar-refractivity contribution in [2.75, 3.05) is 5.32 Å². The summed E-state index contributed by atoms with van der Waals surface area (Å²) in [7, 11) is 0. The van der Waals surface area contributed by atoms with Gasteiger partial charge in [-0.15, -0.1) is 0 Å². The van der Waals surface area contributed by atoms with Crippen molar-refractivity contribution in [3.8, 4) is 0 Å². The Morgan fingerprint density at radius 1 is 1.25 bits per heavy atom. The van der Waals surface area contributed by atoms with Crippen LogP contribution in [0.4, 0.5) is 24.8 Å². The molecule has 0 amide bonds. The maximum atomic E-state index is 14.2. The monoisotopic (exact) mass is 335 g/mol. The Morgan fingerprint density at radius 2 is 2.12 bits per heavy atom. The third-order valence-corrected chi connectivity index (χ3v) is 4.63. The topological polar surface area (TPSA) is 55.6 Å². The van der Waals surface area contributed by atoms with Crippen LogP contribution in [-0.2, 0) is 0 Å². The first-order valence-electron chi connectivity index (χ1n) is 7.91. The summed E-state index contributed by atoms with van der Waals surface area (Å²) < 4.78 is 39.8. The summed E-state index contributed by atoms with van der Waals surface area (Å²) in [6.45, 7) is -2.71. The predicted octanol–water partition coefficient (Wildman–Crippen LogP) is 4.15. The maximum absolute atomic E-state index is 14.2. The van der Waals surface area contributed by atoms with Crippen LogP contribution in [-0.4, -0.2) is 19.7 Å². The van der Waals surface area contributed by atoms with Gasteiger partial charge in [0.2, 0.25) is 5.95 Å². The molecule has 0 radical (unpaired) electrons. The van der Waals surface area contributed by atoms with Crippen molar-refractivity contribution in [1.82, 2.24) is 19.7 Å². The molecule has 1 saturated carbocycles. The number of halogens is 3. The summed E-state index contributed by atoms with van der Waals surface area (Å²) in [4.78, 5) is 8.14. The lowest BCUT2D eigenvalue weighted by Crippen LogP contribution is -2.08. The second kappa shape index (κ2) is 5.92. The van der Waals surface area contributed by atoms with Crippen LogP contribution in [0.2, 0.25) is 0 Å². The van der Waals surface area contributed by atoms with E-state index in [1.807, 2.05) is 0 Å². The highest BCUT2D eigenvalue weighted by Crippen LogP contribution is 2.43. The van der Waals surface area contributed by atoms with Crippen LogP contribution in [0.15, 0.2) is 24.7 Å². The zero-order valence-corrected chi connectivity index (χ0v) is 12.8. The number of hydrogen-bond acceptors (Lipinski definition) is 4. The average Bonchev–Trinajstić information content (AvgIpc) is 3.16. The van der Waals surface area contributed by atoms with Gasteiger partial charge in [0.15, 0.2) is 5.82 Å². The van der Waals surface area contributed by atoms with Crippen LogP contribution in [0.3, 0.4) is 0 Å². The molecule has 4 rings (SSSR count). The summed E-state index contributed by atoms with van der Waals surface area (Å²) in [5.41, 5.74) is 1.54. The van der Waals surface area contributed by atoms with Crippen molar-refractivity contribution in [3.63, 3.8) is 0 Å². The Bertz CT molecular complexity index is 786. The minimum atomic E-state index is -2.71. The zero-order chi connectivity index (χ0) is 16.7. The Kier molecular flexibility index (Phi) is 3.74. The summed E-state index contributed by atoms with van der Waals surface area (Å²) in [6, 6.07) is 0. The van der Waals surface area contributed by atoms with Gasteiger partial charge in [0.05, 0.1) is 24.3 Å². The molecule has 0 spiro atoms. The third-order valence-electron chi connectivity index (χ3n) is 4.63. The van der Waals surface area contributed by atoms with Gasteiger partial charge in [0.1, 0.15) is 5.69 Å². The standard InChI is InChI=1S/C16H16F3N5/c17-13-7-20-16(22-12-6-21-24(8-12)15(18)19)23-14(13)11-4-9-1-2-10(3-9)5-11/h4,6-10,15H,1-3,5H2,(H,20,22,23). The molecule has 8 heteroatoms. The van der Waals surface area contributed by atoms with E-state index in [9.17, 15) is 13.2 Å². The van der Waals surface area contributed by atoms with Crippen LogP contribution < -0.4 is 5.32 Å². The Balaban J connectivity index is 1.59. The van der Waals surface area contributed by atoms with Crippen molar-refractivity contribution in [1.29, 1.82) is 0 Å². The fourth-order valence-electron chi connectivity index (χ4n) is 3.58. The highest BCUT2D eigenvalue weighted by molar-refractivity contribution is 5.66. The number of nitrogens with one attached hydrogen (secondary N) is 1. The van der Waals surface area contributed by atoms with E-state index in [2.05, 4.69) is 26.5 Å². The molecule has 0 aromatic carbocycles. The lowest BCUT2D eigenvalue weighted by molar-refractivity contribution is 0.0566. The number of allylic oxidation sites excluding steroid dienone is 2. The van der Waals surface area contributed by atoms with Gasteiger partial charge in [-0.1, -0.05) is 6.08 Å². The fourth-order valence-corrected chi connectivity index (χ4v) is 3.58. The van der Waals surface area contributed by atoms with Gasteiger partial charge in [0.25, 0.3) is 0 Å². The molecule has 0 aliphatic heterocycles. The molecule has 2 heterocycles. The van der Waals surface area contributed by atoms with Crippen molar-refractivity contribution < 1.29 is 13.2 Å². The van der Waals surface area contributed by atoms with Crippen LogP contribution in [0.5, 0.6) is 0 Å². The second-order valence-electron chi connectivity index (χ2n) is 6.34. The maximum Gasteiger partial charge on any atom is 0.333 e. The van der Waals surface area contributed by atoms with Crippen molar-refractivity contribution in [3.05, 3.63) is 36.2 Å². The SMILES string of the molecule is Fc1cnc(Nc2cnn(C(F)F)c2)nc1C1=CC2CCC(C1)C2. The van der Waals surface area contributed by atoms with E-state index in [-0.39, 0.29) is 5.95 Å². The predicted molar refractivity (Wildman–Crippen MR) is 82.2 cm³/mol. The summed E-state index contributed by atoms with van der Waals surface area (Å²) in [5.74, 6) is 0.814. The number of nitrogens with zero attached hydrogens (tertiary/aromatic N) is 4. The van der Waals surface area contributed by atoms with Crippen molar-refractivity contribution in [2.45, 2.75) is 32.2 Å². The van der Waals surface area contributed by atoms with Crippen LogP contribution in [0.25, 0.3) is 5.57 Å². The Labute approximate surface area is 136 Å². The molecule has 1 fully saturated rings. The van der Waals surface area contributed by atoms with Gasteiger partial charge in [-0.2, -0.15) is 13.9 Å². The molecule has 2 aromatic heterocycles. The fraction of sp³-hybridized carbons (Fsp3) is 0.438. The largest absolute Gasteiger partial charge is 0.333 e. The molecule has 2 bridgehead atoms. The second-order valence-corrected chi connectivity index (χ2v) is 6.34. The number of rotatable bonds is 4. The molecule has 1 N–H and O–H groups in total. The van der Waals surface area contributed by atoms with Crippen LogP contribution >= 0.6 is 0 Å². The van der Waals surface area contributed by atoms with Crippen LogP contribution in [0, 0.1) is 17.7 Å². The normalized spacial score (nSPS) is 22.8. The van der Waals surface area contributed by atoms with Crippen molar-refractivity contribution >= 4 is 17.2 Å². The van der Waals surface area contributed by atoms with Gasteiger partial charge in [-0.05, 0) is 43.1 Å². The van der Waals surface area contributed by atoms with Crippen LogP contribution in [0.1, 0.15) is 37.9 Å². The third kappa shape index (κ3) is 2.88. The van der Waals surface area contributed by atoms with Gasteiger partial charge in [-0.25, -0.2) is 19.0 Å². The Hall–Kier alpha value is -2.38. The number of hydrogen-bond donors (Lipinski definition) is 1. The molecule has 126 valence electrons. The molecule has 0 saturated heterocycles. The minimum Gasteiger partial charge on any atom is -0.321 e. The molecule has 2 aromatic rings. The number of fused-ring (bicyclic) bond motifs is 2. The number of anilines is 2. The van der Waals surface area contributed by atoms with Gasteiger partial charge >= 0.3 is 6.55 Å². The van der Waals surface area contributed by atoms with E-state index in [0.29, 0.717) is 27.9 Å². The van der Waals surface area contributed by atoms with E-state index >= 15 is 0 Å². The highest BCUT2D eigenvalue weighted by Gasteiger charge is 2.30. The summed E-state index contributed by atoms with van der Waals surface area (Å²) in [6.07, 6.45) is 9.96. The molecular formula is C16H16F3N5. The lowest BCUT2D eigenvalue weighted by atomic mass is 9.88. The molecular weight excluding hydrogens is 319 g/mol. The first-order valence-corrected chi connectivity index (χ1v) is 7.91. The molecule has 2 unspecified atom stereocenters. The number of aromatic nitrogens is 4. The molecule has 5 nitrogen and oxygen atoms in total. The van der Waals surface area contributed by atoms with E-state index in [1.54, 1.807) is 0 Å². The molecule has 2 aliphatic rings. The minimum absolute atomic E-state index is 0.166. The van der Waals surface area contributed by atoms with Gasteiger partial charge in [-0.3, -0.25) is 0 Å². The quantitative estimate of drug-likeness (QED) is 0.912. The highest BCUT2D eigenvalue weighted by atomic mass is 19.3.